The van der Waals surface area contributed by atoms with Gasteiger partial charge in [-0.15, -0.1) is 0 Å². The molecule has 1 aliphatic rings. The molecule has 0 aliphatic heterocycles. The molecule has 1 atom stereocenters. The summed E-state index contributed by atoms with van der Waals surface area (Å²) >= 11 is 0. The first-order chi connectivity index (χ1) is 8.88. The molecule has 0 spiro atoms. The molecule has 108 valence electrons. The average molecular weight is 253 g/mol. The second-order valence-corrected chi connectivity index (χ2v) is 6.20. The molecule has 1 fully saturated rings. The molecule has 0 amide bonds. The molecule has 1 aliphatic carbocycles. The highest BCUT2D eigenvalue weighted by Gasteiger charge is 2.29. The first-order valence-electron chi connectivity index (χ1n) is 8.55. The third-order valence-electron chi connectivity index (χ3n) is 4.43. The fourth-order valence-corrected chi connectivity index (χ4v) is 2.97. The van der Waals surface area contributed by atoms with E-state index in [4.69, 9.17) is 0 Å². The Hall–Kier alpha value is -0.0400. The summed E-state index contributed by atoms with van der Waals surface area (Å²) in [5, 5.41) is 3.49. The number of hydrogen-bond acceptors (Lipinski definition) is 1. The Bertz CT molecular complexity index is 174. The summed E-state index contributed by atoms with van der Waals surface area (Å²) in [5.41, 5.74) is 0. The molecular weight excluding hydrogens is 218 g/mol. The van der Waals surface area contributed by atoms with E-state index in [1.54, 1.807) is 0 Å². The van der Waals surface area contributed by atoms with Gasteiger partial charge < -0.3 is 5.32 Å². The topological polar surface area (TPSA) is 12.0 Å². The number of rotatable bonds is 13. The predicted octanol–water partition coefficient (Wildman–Crippen LogP) is 5.30. The summed E-state index contributed by atoms with van der Waals surface area (Å²) in [6.07, 6.45) is 18.9. The summed E-state index contributed by atoms with van der Waals surface area (Å²) in [6.45, 7) is 2.29. The fourth-order valence-electron chi connectivity index (χ4n) is 2.97. The van der Waals surface area contributed by atoms with Gasteiger partial charge >= 0.3 is 0 Å². The lowest BCUT2D eigenvalue weighted by Gasteiger charge is -2.14. The zero-order valence-electron chi connectivity index (χ0n) is 12.8. The predicted molar refractivity (Wildman–Crippen MR) is 82.0 cm³/mol. The molecule has 0 heterocycles. The van der Waals surface area contributed by atoms with E-state index in [1.807, 2.05) is 0 Å². The zero-order valence-corrected chi connectivity index (χ0v) is 12.8. The Labute approximate surface area is 115 Å². The van der Waals surface area contributed by atoms with Crippen molar-refractivity contribution in [3.63, 3.8) is 0 Å². The van der Waals surface area contributed by atoms with Crippen molar-refractivity contribution in [2.24, 2.45) is 5.92 Å². The van der Waals surface area contributed by atoms with Crippen molar-refractivity contribution in [3.05, 3.63) is 0 Å². The molecule has 1 N–H and O–H groups in total. The molecule has 0 bridgehead atoms. The SMILES string of the molecule is CCCCCCCCCCCCC(NC)C1CC1. The van der Waals surface area contributed by atoms with Crippen LogP contribution < -0.4 is 5.32 Å². The van der Waals surface area contributed by atoms with Gasteiger partial charge in [0.1, 0.15) is 0 Å². The van der Waals surface area contributed by atoms with Crippen molar-refractivity contribution in [1.82, 2.24) is 5.32 Å². The standard InChI is InChI=1S/C17H35N/c1-3-4-5-6-7-8-9-10-11-12-13-17(18-2)16-14-15-16/h16-18H,3-15H2,1-2H3. The van der Waals surface area contributed by atoms with E-state index in [9.17, 15) is 0 Å². The monoisotopic (exact) mass is 253 g/mol. The minimum Gasteiger partial charge on any atom is -0.317 e. The minimum atomic E-state index is 0.832. The number of unbranched alkanes of at least 4 members (excludes halogenated alkanes) is 9. The largest absolute Gasteiger partial charge is 0.317 e. The minimum absolute atomic E-state index is 0.832. The quantitative estimate of drug-likeness (QED) is 0.439. The Morgan fingerprint density at radius 3 is 1.78 bits per heavy atom. The maximum atomic E-state index is 3.49. The Morgan fingerprint density at radius 2 is 1.33 bits per heavy atom. The highest BCUT2D eigenvalue weighted by molar-refractivity contribution is 4.85. The Balaban J connectivity index is 1.75. The van der Waals surface area contributed by atoms with Crippen LogP contribution in [0.3, 0.4) is 0 Å². The number of nitrogens with one attached hydrogen (secondary N) is 1. The van der Waals surface area contributed by atoms with Crippen LogP contribution in [0.1, 0.15) is 90.4 Å². The van der Waals surface area contributed by atoms with Crippen molar-refractivity contribution < 1.29 is 0 Å². The Kier molecular flexibility index (Phi) is 9.65. The van der Waals surface area contributed by atoms with Crippen LogP contribution >= 0.6 is 0 Å². The molecule has 1 unspecified atom stereocenters. The molecule has 1 nitrogen and oxygen atoms in total. The molecule has 0 aromatic heterocycles. The van der Waals surface area contributed by atoms with Crippen LogP contribution in [0.15, 0.2) is 0 Å². The zero-order chi connectivity index (χ0) is 13.1. The summed E-state index contributed by atoms with van der Waals surface area (Å²) in [7, 11) is 2.14. The van der Waals surface area contributed by atoms with Crippen LogP contribution in [0.5, 0.6) is 0 Å². The van der Waals surface area contributed by atoms with Gasteiger partial charge in [0.25, 0.3) is 0 Å². The van der Waals surface area contributed by atoms with Gasteiger partial charge in [-0.3, -0.25) is 0 Å². The maximum Gasteiger partial charge on any atom is 0.00923 e. The van der Waals surface area contributed by atoms with E-state index >= 15 is 0 Å². The lowest BCUT2D eigenvalue weighted by molar-refractivity contribution is 0.441. The fraction of sp³-hybridized carbons (Fsp3) is 1.00. The van der Waals surface area contributed by atoms with Crippen LogP contribution in [0.25, 0.3) is 0 Å². The third kappa shape index (κ3) is 8.13. The maximum absolute atomic E-state index is 3.49. The van der Waals surface area contributed by atoms with Crippen LogP contribution in [0, 0.1) is 5.92 Å². The molecule has 0 radical (unpaired) electrons. The average Bonchev–Trinajstić information content (AvgIpc) is 3.20. The molecule has 0 aromatic carbocycles. The molecule has 18 heavy (non-hydrogen) atoms. The van der Waals surface area contributed by atoms with Crippen LogP contribution in [-0.4, -0.2) is 13.1 Å². The summed E-state index contributed by atoms with van der Waals surface area (Å²) in [5.74, 6) is 1.02. The second-order valence-electron chi connectivity index (χ2n) is 6.20. The highest BCUT2D eigenvalue weighted by Crippen LogP contribution is 2.34. The van der Waals surface area contributed by atoms with Gasteiger partial charge in [0, 0.05) is 6.04 Å². The second kappa shape index (κ2) is 10.8. The van der Waals surface area contributed by atoms with Gasteiger partial charge in [0.15, 0.2) is 0 Å². The molecule has 0 aromatic rings. The molecule has 1 rings (SSSR count). The molecular formula is C17H35N. The number of hydrogen-bond donors (Lipinski definition) is 1. The van der Waals surface area contributed by atoms with Crippen molar-refractivity contribution >= 4 is 0 Å². The van der Waals surface area contributed by atoms with Gasteiger partial charge in [0.05, 0.1) is 0 Å². The first-order valence-corrected chi connectivity index (χ1v) is 8.55. The van der Waals surface area contributed by atoms with Gasteiger partial charge in [-0.05, 0) is 32.2 Å². The molecule has 0 saturated heterocycles. The van der Waals surface area contributed by atoms with E-state index in [0.29, 0.717) is 0 Å². The summed E-state index contributed by atoms with van der Waals surface area (Å²) < 4.78 is 0. The first kappa shape index (κ1) is 16.0. The van der Waals surface area contributed by atoms with Crippen molar-refractivity contribution in [3.8, 4) is 0 Å². The van der Waals surface area contributed by atoms with Gasteiger partial charge in [-0.25, -0.2) is 0 Å². The van der Waals surface area contributed by atoms with Crippen LogP contribution in [-0.2, 0) is 0 Å². The van der Waals surface area contributed by atoms with E-state index in [2.05, 4.69) is 19.3 Å². The highest BCUT2D eigenvalue weighted by atomic mass is 14.9. The van der Waals surface area contributed by atoms with Gasteiger partial charge in [0.2, 0.25) is 0 Å². The third-order valence-corrected chi connectivity index (χ3v) is 4.43. The van der Waals surface area contributed by atoms with Crippen LogP contribution in [0.2, 0.25) is 0 Å². The summed E-state index contributed by atoms with van der Waals surface area (Å²) in [4.78, 5) is 0. The van der Waals surface area contributed by atoms with Gasteiger partial charge in [-0.2, -0.15) is 0 Å². The van der Waals surface area contributed by atoms with Crippen molar-refractivity contribution in [2.45, 2.75) is 96.4 Å². The van der Waals surface area contributed by atoms with Gasteiger partial charge in [-0.1, -0.05) is 71.1 Å². The summed E-state index contributed by atoms with van der Waals surface area (Å²) in [6, 6.07) is 0.832. The van der Waals surface area contributed by atoms with E-state index in [-0.39, 0.29) is 0 Å². The lowest BCUT2D eigenvalue weighted by Crippen LogP contribution is -2.27. The van der Waals surface area contributed by atoms with Crippen molar-refractivity contribution in [2.75, 3.05) is 7.05 Å². The normalized spacial score (nSPS) is 17.0. The lowest BCUT2D eigenvalue weighted by atomic mass is 10.0. The smallest absolute Gasteiger partial charge is 0.00923 e. The molecule has 1 heteroatoms. The molecule has 1 saturated carbocycles. The van der Waals surface area contributed by atoms with Crippen molar-refractivity contribution in [1.29, 1.82) is 0 Å². The van der Waals surface area contributed by atoms with E-state index in [1.165, 1.54) is 83.5 Å². The Morgan fingerprint density at radius 1 is 0.833 bits per heavy atom. The van der Waals surface area contributed by atoms with E-state index in [0.717, 1.165) is 12.0 Å². The van der Waals surface area contributed by atoms with E-state index < -0.39 is 0 Å². The van der Waals surface area contributed by atoms with Crippen LogP contribution in [0.4, 0.5) is 0 Å².